The molecule has 0 aliphatic carbocycles. The van der Waals surface area contributed by atoms with Gasteiger partial charge < -0.3 is 15.1 Å². The Balaban J connectivity index is 1.40. The Bertz CT molecular complexity index is 1050. The molecule has 0 atom stereocenters. The average molecular weight is 456 g/mol. The number of aryl methyl sites for hydroxylation is 1. The van der Waals surface area contributed by atoms with Gasteiger partial charge in [-0.05, 0) is 76.4 Å². The second kappa shape index (κ2) is 10.3. The van der Waals surface area contributed by atoms with Gasteiger partial charge in [0.25, 0.3) is 0 Å². The van der Waals surface area contributed by atoms with Crippen LogP contribution in [0.25, 0.3) is 5.69 Å². The summed E-state index contributed by atoms with van der Waals surface area (Å²) in [4.78, 5) is 11.4. The van der Waals surface area contributed by atoms with E-state index in [4.69, 9.17) is 0 Å². The van der Waals surface area contributed by atoms with Gasteiger partial charge >= 0.3 is 0 Å². The molecule has 1 aromatic heterocycles. The molecule has 1 fully saturated rings. The fourth-order valence-electron chi connectivity index (χ4n) is 4.10. The molecular formula is C24H31F2N7. The minimum atomic E-state index is -0.656. The van der Waals surface area contributed by atoms with Gasteiger partial charge in [-0.3, -0.25) is 4.90 Å². The molecule has 1 saturated heterocycles. The topological polar surface area (TPSA) is 52.5 Å². The second-order valence-corrected chi connectivity index (χ2v) is 8.81. The highest BCUT2D eigenvalue weighted by atomic mass is 19.1. The summed E-state index contributed by atoms with van der Waals surface area (Å²) in [6.45, 7) is 8.40. The zero-order chi connectivity index (χ0) is 23.4. The third-order valence-electron chi connectivity index (χ3n) is 5.74. The maximum Gasteiger partial charge on any atom is 0.246 e. The van der Waals surface area contributed by atoms with E-state index >= 15 is 0 Å². The van der Waals surface area contributed by atoms with Crippen molar-refractivity contribution >= 4 is 17.3 Å². The summed E-state index contributed by atoms with van der Waals surface area (Å²) in [5.74, 6) is -0.950. The molecule has 3 aromatic rings. The Morgan fingerprint density at radius 1 is 0.939 bits per heavy atom. The van der Waals surface area contributed by atoms with Crippen LogP contribution in [0, 0.1) is 18.6 Å². The van der Waals surface area contributed by atoms with Crippen molar-refractivity contribution in [3.63, 3.8) is 0 Å². The maximum absolute atomic E-state index is 13.5. The predicted molar refractivity (Wildman–Crippen MR) is 128 cm³/mol. The summed E-state index contributed by atoms with van der Waals surface area (Å²) < 4.78 is 28.4. The molecule has 0 bridgehead atoms. The number of nitrogens with one attached hydrogen (secondary N) is 1. The van der Waals surface area contributed by atoms with E-state index in [1.807, 2.05) is 6.07 Å². The van der Waals surface area contributed by atoms with Crippen LogP contribution in [0.15, 0.2) is 42.7 Å². The highest BCUT2D eigenvalue weighted by Crippen LogP contribution is 2.25. The fourth-order valence-corrected chi connectivity index (χ4v) is 4.10. The Morgan fingerprint density at radius 2 is 1.67 bits per heavy atom. The summed E-state index contributed by atoms with van der Waals surface area (Å²) in [7, 11) is 4.23. The van der Waals surface area contributed by atoms with Crippen molar-refractivity contribution in [1.82, 2.24) is 24.6 Å². The number of nitrogens with zero attached hydrogens (tertiary/aromatic N) is 6. The molecule has 2 aromatic carbocycles. The lowest BCUT2D eigenvalue weighted by Crippen LogP contribution is -2.47. The zero-order valence-electron chi connectivity index (χ0n) is 19.4. The smallest absolute Gasteiger partial charge is 0.246 e. The molecule has 0 amide bonds. The summed E-state index contributed by atoms with van der Waals surface area (Å²) in [6, 6.07) is 9.58. The van der Waals surface area contributed by atoms with Gasteiger partial charge in [0.05, 0.1) is 5.69 Å². The average Bonchev–Trinajstić information content (AvgIpc) is 3.21. The van der Waals surface area contributed by atoms with Gasteiger partial charge in [0.2, 0.25) is 5.95 Å². The molecule has 0 spiro atoms. The van der Waals surface area contributed by atoms with Gasteiger partial charge in [-0.2, -0.15) is 4.98 Å². The first kappa shape index (κ1) is 23.1. The molecule has 0 radical (unpaired) electrons. The highest BCUT2D eigenvalue weighted by Gasteiger charge is 2.18. The van der Waals surface area contributed by atoms with E-state index in [1.54, 1.807) is 0 Å². The Morgan fingerprint density at radius 3 is 2.36 bits per heavy atom. The molecule has 0 saturated carbocycles. The van der Waals surface area contributed by atoms with Crippen LogP contribution in [0.2, 0.25) is 0 Å². The van der Waals surface area contributed by atoms with Crippen molar-refractivity contribution in [3.8, 4) is 5.69 Å². The third-order valence-corrected chi connectivity index (χ3v) is 5.74. The first-order valence-corrected chi connectivity index (χ1v) is 11.2. The molecule has 0 unspecified atom stereocenters. The van der Waals surface area contributed by atoms with E-state index in [-0.39, 0.29) is 5.69 Å². The zero-order valence-corrected chi connectivity index (χ0v) is 19.4. The number of anilines is 3. The van der Waals surface area contributed by atoms with Crippen LogP contribution < -0.4 is 10.2 Å². The monoisotopic (exact) mass is 455 g/mol. The van der Waals surface area contributed by atoms with Crippen molar-refractivity contribution in [2.75, 3.05) is 63.6 Å². The van der Waals surface area contributed by atoms with Gasteiger partial charge in [-0.1, -0.05) is 0 Å². The van der Waals surface area contributed by atoms with Gasteiger partial charge in [-0.15, -0.1) is 5.10 Å². The van der Waals surface area contributed by atoms with Crippen LogP contribution in [0.5, 0.6) is 0 Å². The quantitative estimate of drug-likeness (QED) is 0.559. The van der Waals surface area contributed by atoms with Crippen molar-refractivity contribution in [2.45, 2.75) is 13.3 Å². The standard InChI is InChI=1S/C24H31F2N7/c1-18-11-21(28-24-27-17-33(29-24)23-14-19(25)13-20(26)15-23)16-22(12-18)32-9-7-31(8-10-32)6-4-5-30(2)3/h11-17H,4-10H2,1-3H3,(H,28,29). The lowest BCUT2D eigenvalue weighted by atomic mass is 10.1. The maximum atomic E-state index is 13.5. The summed E-state index contributed by atoms with van der Waals surface area (Å²) in [5.41, 5.74) is 3.45. The minimum absolute atomic E-state index is 0.279. The number of benzene rings is 2. The van der Waals surface area contributed by atoms with Gasteiger partial charge in [0.15, 0.2) is 0 Å². The Kier molecular flexibility index (Phi) is 7.20. The molecular weight excluding hydrogens is 424 g/mol. The number of aromatic nitrogens is 3. The van der Waals surface area contributed by atoms with E-state index in [9.17, 15) is 8.78 Å². The number of hydrogen-bond acceptors (Lipinski definition) is 6. The van der Waals surface area contributed by atoms with E-state index in [1.165, 1.54) is 29.6 Å². The number of piperazine rings is 1. The van der Waals surface area contributed by atoms with Gasteiger partial charge in [0.1, 0.15) is 18.0 Å². The predicted octanol–water partition coefficient (Wildman–Crippen LogP) is 3.67. The van der Waals surface area contributed by atoms with Crippen LogP contribution >= 0.6 is 0 Å². The molecule has 9 heteroatoms. The first-order valence-electron chi connectivity index (χ1n) is 11.2. The second-order valence-electron chi connectivity index (χ2n) is 8.81. The van der Waals surface area contributed by atoms with Crippen molar-refractivity contribution in [1.29, 1.82) is 0 Å². The van der Waals surface area contributed by atoms with Crippen LogP contribution in [-0.2, 0) is 0 Å². The molecule has 176 valence electrons. The number of rotatable bonds is 8. The highest BCUT2D eigenvalue weighted by molar-refractivity contribution is 5.64. The van der Waals surface area contributed by atoms with Gasteiger partial charge in [0, 0.05) is 43.6 Å². The largest absolute Gasteiger partial charge is 0.369 e. The molecule has 1 N–H and O–H groups in total. The molecule has 7 nitrogen and oxygen atoms in total. The van der Waals surface area contributed by atoms with Crippen molar-refractivity contribution in [2.24, 2.45) is 0 Å². The molecule has 4 rings (SSSR count). The summed E-state index contributed by atoms with van der Waals surface area (Å²) >= 11 is 0. The normalized spacial score (nSPS) is 14.8. The van der Waals surface area contributed by atoms with E-state index < -0.39 is 11.6 Å². The molecule has 1 aliphatic rings. The lowest BCUT2D eigenvalue weighted by molar-refractivity contribution is 0.242. The van der Waals surface area contributed by atoms with Crippen LogP contribution in [0.4, 0.5) is 26.1 Å². The first-order chi connectivity index (χ1) is 15.9. The van der Waals surface area contributed by atoms with Gasteiger partial charge in [-0.25, -0.2) is 13.5 Å². The third kappa shape index (κ3) is 6.27. The molecule has 33 heavy (non-hydrogen) atoms. The van der Waals surface area contributed by atoms with Crippen LogP contribution in [0.1, 0.15) is 12.0 Å². The van der Waals surface area contributed by atoms with Crippen LogP contribution in [-0.4, -0.2) is 77.9 Å². The number of halogens is 2. The van der Waals surface area contributed by atoms with Crippen molar-refractivity contribution in [3.05, 3.63) is 59.9 Å². The van der Waals surface area contributed by atoms with Crippen LogP contribution in [0.3, 0.4) is 0 Å². The summed E-state index contributed by atoms with van der Waals surface area (Å²) in [5, 5.41) is 7.54. The molecule has 2 heterocycles. The number of hydrogen-bond donors (Lipinski definition) is 1. The Hall–Kier alpha value is -3.04. The lowest BCUT2D eigenvalue weighted by Gasteiger charge is -2.36. The summed E-state index contributed by atoms with van der Waals surface area (Å²) in [6.07, 6.45) is 2.62. The fraction of sp³-hybridized carbons (Fsp3) is 0.417. The van der Waals surface area contributed by atoms with E-state index in [2.05, 4.69) is 63.3 Å². The van der Waals surface area contributed by atoms with E-state index in [0.29, 0.717) is 5.95 Å². The van der Waals surface area contributed by atoms with Crippen molar-refractivity contribution < 1.29 is 8.78 Å². The SMILES string of the molecule is Cc1cc(Nc2ncn(-c3cc(F)cc(F)c3)n2)cc(N2CCN(CCCN(C)C)CC2)c1. The Labute approximate surface area is 193 Å². The minimum Gasteiger partial charge on any atom is -0.369 e. The van der Waals surface area contributed by atoms with E-state index in [0.717, 1.165) is 62.3 Å². The molecule has 1 aliphatic heterocycles.